The first-order valence-corrected chi connectivity index (χ1v) is 10.4. The predicted molar refractivity (Wildman–Crippen MR) is 120 cm³/mol. The van der Waals surface area contributed by atoms with Crippen LogP contribution in [-0.2, 0) is 13.0 Å². The second-order valence-corrected chi connectivity index (χ2v) is 7.73. The average Bonchev–Trinajstić information content (AvgIpc) is 3.28. The third-order valence-corrected chi connectivity index (χ3v) is 5.67. The summed E-state index contributed by atoms with van der Waals surface area (Å²) in [7, 11) is 0. The van der Waals surface area contributed by atoms with Crippen molar-refractivity contribution in [3.63, 3.8) is 0 Å². The van der Waals surface area contributed by atoms with Gasteiger partial charge in [-0.1, -0.05) is 29.5 Å². The zero-order valence-electron chi connectivity index (χ0n) is 17.6. The molecule has 8 nitrogen and oxygen atoms in total. The molecular weight excluding hydrogens is 402 g/mol. The van der Waals surface area contributed by atoms with E-state index in [0.29, 0.717) is 29.2 Å². The van der Waals surface area contributed by atoms with Gasteiger partial charge in [0, 0.05) is 5.56 Å². The van der Waals surface area contributed by atoms with E-state index in [-0.39, 0.29) is 5.95 Å². The van der Waals surface area contributed by atoms with Crippen LogP contribution >= 0.6 is 0 Å². The van der Waals surface area contributed by atoms with Crippen molar-refractivity contribution in [3.05, 3.63) is 70.9 Å². The third-order valence-electron chi connectivity index (χ3n) is 5.67. The number of fused-ring (bicyclic) bond motifs is 1. The lowest BCUT2D eigenvalue weighted by atomic mass is 10.00. The largest absolute Gasteiger partial charge is 0.493 e. The number of hydrogen-bond donors (Lipinski definition) is 1. The van der Waals surface area contributed by atoms with E-state index in [9.17, 15) is 5.26 Å². The van der Waals surface area contributed by atoms with E-state index in [0.717, 1.165) is 36.3 Å². The fourth-order valence-electron chi connectivity index (χ4n) is 4.05. The standard InChI is InChI=1S/C24H21N7O/c1-15-16(12-25)5-2-7-18(15)20-11-21(28-24(26)27-20)22-14-31(30-29-22)13-17-6-3-9-23-19(17)8-4-10-32-23/h2-3,5-7,9,11,14H,4,8,10,13H2,1H3,(H2,26,27,28). The van der Waals surface area contributed by atoms with Gasteiger partial charge in [0.15, 0.2) is 0 Å². The van der Waals surface area contributed by atoms with Gasteiger partial charge in [-0.05, 0) is 54.7 Å². The normalized spacial score (nSPS) is 12.6. The SMILES string of the molecule is Cc1c(C#N)cccc1-c1cc(-c2cn(Cc3cccc4c3CCCO4)nn2)nc(N)n1. The van der Waals surface area contributed by atoms with Crippen LogP contribution < -0.4 is 10.5 Å². The van der Waals surface area contributed by atoms with Crippen molar-refractivity contribution in [2.45, 2.75) is 26.3 Å². The number of ether oxygens (including phenoxy) is 1. The van der Waals surface area contributed by atoms with Gasteiger partial charge in [0.25, 0.3) is 0 Å². The van der Waals surface area contributed by atoms with Crippen LogP contribution in [0.3, 0.4) is 0 Å². The summed E-state index contributed by atoms with van der Waals surface area (Å²) in [5.74, 6) is 1.10. The Morgan fingerprint density at radius 2 is 1.97 bits per heavy atom. The Balaban J connectivity index is 1.47. The molecule has 0 bridgehead atoms. The molecule has 0 atom stereocenters. The third kappa shape index (κ3) is 3.65. The first kappa shape index (κ1) is 19.7. The van der Waals surface area contributed by atoms with Gasteiger partial charge in [-0.2, -0.15) is 5.26 Å². The van der Waals surface area contributed by atoms with Crippen LogP contribution in [0.15, 0.2) is 48.7 Å². The second-order valence-electron chi connectivity index (χ2n) is 7.73. The average molecular weight is 423 g/mol. The summed E-state index contributed by atoms with van der Waals surface area (Å²) in [4.78, 5) is 8.74. The van der Waals surface area contributed by atoms with Gasteiger partial charge in [-0.25, -0.2) is 14.6 Å². The Bertz CT molecular complexity index is 1350. The zero-order valence-corrected chi connectivity index (χ0v) is 17.6. The summed E-state index contributed by atoms with van der Waals surface area (Å²) in [6.07, 6.45) is 3.87. The molecule has 158 valence electrons. The minimum atomic E-state index is 0.142. The lowest BCUT2D eigenvalue weighted by molar-refractivity contribution is 0.287. The Kier molecular flexibility index (Phi) is 5.00. The van der Waals surface area contributed by atoms with Crippen LogP contribution in [0.4, 0.5) is 5.95 Å². The molecule has 0 fully saturated rings. The van der Waals surface area contributed by atoms with Crippen LogP contribution in [0.25, 0.3) is 22.6 Å². The van der Waals surface area contributed by atoms with Crippen molar-refractivity contribution in [1.29, 1.82) is 5.26 Å². The molecule has 2 N–H and O–H groups in total. The fourth-order valence-corrected chi connectivity index (χ4v) is 4.05. The van der Waals surface area contributed by atoms with Gasteiger partial charge in [0.05, 0.1) is 42.4 Å². The molecule has 5 rings (SSSR count). The first-order chi connectivity index (χ1) is 15.6. The van der Waals surface area contributed by atoms with E-state index in [1.54, 1.807) is 10.7 Å². The summed E-state index contributed by atoms with van der Waals surface area (Å²) >= 11 is 0. The number of nitriles is 1. The Morgan fingerprint density at radius 3 is 2.84 bits per heavy atom. The van der Waals surface area contributed by atoms with Crippen molar-refractivity contribution in [3.8, 4) is 34.5 Å². The van der Waals surface area contributed by atoms with E-state index in [4.69, 9.17) is 10.5 Å². The molecule has 0 aliphatic carbocycles. The van der Waals surface area contributed by atoms with Gasteiger partial charge >= 0.3 is 0 Å². The van der Waals surface area contributed by atoms with Crippen molar-refractivity contribution >= 4 is 5.95 Å². The van der Waals surface area contributed by atoms with Gasteiger partial charge < -0.3 is 10.5 Å². The van der Waals surface area contributed by atoms with Crippen LogP contribution in [0.5, 0.6) is 5.75 Å². The Hall–Kier alpha value is -4.25. The molecule has 1 aliphatic heterocycles. The van der Waals surface area contributed by atoms with Gasteiger partial charge in [0.2, 0.25) is 5.95 Å². The molecule has 2 aromatic heterocycles. The highest BCUT2D eigenvalue weighted by atomic mass is 16.5. The van der Waals surface area contributed by atoms with Gasteiger partial charge in [-0.15, -0.1) is 5.10 Å². The molecule has 0 amide bonds. The number of hydrogen-bond acceptors (Lipinski definition) is 7. The topological polar surface area (TPSA) is 116 Å². The summed E-state index contributed by atoms with van der Waals surface area (Å²) < 4.78 is 7.57. The van der Waals surface area contributed by atoms with Crippen LogP contribution in [0.1, 0.15) is 28.7 Å². The van der Waals surface area contributed by atoms with Crippen molar-refractivity contribution in [2.75, 3.05) is 12.3 Å². The van der Waals surface area contributed by atoms with E-state index >= 15 is 0 Å². The minimum absolute atomic E-state index is 0.142. The first-order valence-electron chi connectivity index (χ1n) is 10.4. The van der Waals surface area contributed by atoms with Crippen molar-refractivity contribution < 1.29 is 4.74 Å². The molecule has 0 unspecified atom stereocenters. The number of aromatic nitrogens is 5. The van der Waals surface area contributed by atoms with Crippen molar-refractivity contribution in [2.24, 2.45) is 0 Å². The lowest BCUT2D eigenvalue weighted by Crippen LogP contribution is -2.12. The Labute approximate surface area is 185 Å². The number of benzene rings is 2. The van der Waals surface area contributed by atoms with Gasteiger partial charge in [0.1, 0.15) is 11.4 Å². The predicted octanol–water partition coefficient (Wildman–Crippen LogP) is 3.54. The number of nitrogens with zero attached hydrogens (tertiary/aromatic N) is 6. The van der Waals surface area contributed by atoms with Crippen LogP contribution in [0, 0.1) is 18.3 Å². The summed E-state index contributed by atoms with van der Waals surface area (Å²) in [6, 6.07) is 15.7. The van der Waals surface area contributed by atoms with Crippen LogP contribution in [0.2, 0.25) is 0 Å². The highest BCUT2D eigenvalue weighted by Crippen LogP contribution is 2.29. The van der Waals surface area contributed by atoms with E-state index in [1.165, 1.54) is 11.1 Å². The summed E-state index contributed by atoms with van der Waals surface area (Å²) in [6.45, 7) is 3.25. The number of nitrogen functional groups attached to an aromatic ring is 1. The highest BCUT2D eigenvalue weighted by molar-refractivity contribution is 5.71. The smallest absolute Gasteiger partial charge is 0.221 e. The van der Waals surface area contributed by atoms with E-state index < -0.39 is 0 Å². The fraction of sp³-hybridized carbons (Fsp3) is 0.208. The maximum absolute atomic E-state index is 9.34. The molecule has 0 radical (unpaired) electrons. The monoisotopic (exact) mass is 423 g/mol. The Morgan fingerprint density at radius 1 is 1.12 bits per heavy atom. The van der Waals surface area contributed by atoms with Crippen LogP contribution in [-0.4, -0.2) is 31.6 Å². The molecule has 32 heavy (non-hydrogen) atoms. The van der Waals surface area contributed by atoms with E-state index in [2.05, 4.69) is 32.4 Å². The molecule has 2 aromatic carbocycles. The molecule has 0 saturated heterocycles. The summed E-state index contributed by atoms with van der Waals surface area (Å²) in [5.41, 5.74) is 12.5. The summed E-state index contributed by atoms with van der Waals surface area (Å²) in [5, 5.41) is 17.9. The number of rotatable bonds is 4. The van der Waals surface area contributed by atoms with Crippen molar-refractivity contribution in [1.82, 2.24) is 25.0 Å². The molecule has 0 spiro atoms. The molecule has 4 aromatic rings. The molecular formula is C24H21N7O. The second kappa shape index (κ2) is 8.12. The van der Waals surface area contributed by atoms with E-state index in [1.807, 2.05) is 43.5 Å². The highest BCUT2D eigenvalue weighted by Gasteiger charge is 2.16. The maximum Gasteiger partial charge on any atom is 0.221 e. The van der Waals surface area contributed by atoms with Gasteiger partial charge in [-0.3, -0.25) is 0 Å². The maximum atomic E-state index is 9.34. The molecule has 3 heterocycles. The minimum Gasteiger partial charge on any atom is -0.493 e. The molecule has 0 saturated carbocycles. The lowest BCUT2D eigenvalue weighted by Gasteiger charge is -2.20. The number of nitrogens with two attached hydrogens (primary N) is 1. The molecule has 8 heteroatoms. The molecule has 1 aliphatic rings. The zero-order chi connectivity index (χ0) is 22.1. The quantitative estimate of drug-likeness (QED) is 0.534. The number of anilines is 1.